The molecule has 0 N–H and O–H groups in total. The molecule has 0 saturated carbocycles. The van der Waals surface area contributed by atoms with Gasteiger partial charge in [0.2, 0.25) is 11.6 Å². The molecule has 0 spiro atoms. The van der Waals surface area contributed by atoms with Gasteiger partial charge >= 0.3 is 5.97 Å². The molecule has 2 aromatic rings. The third-order valence-corrected chi connectivity index (χ3v) is 4.56. The number of nitrogens with zero attached hydrogens (tertiary/aromatic N) is 1. The minimum atomic E-state index is -0.747. The summed E-state index contributed by atoms with van der Waals surface area (Å²) in [7, 11) is 0. The van der Waals surface area contributed by atoms with Crippen molar-refractivity contribution < 1.29 is 28.3 Å². The Labute approximate surface area is 159 Å². The second-order valence-electron chi connectivity index (χ2n) is 6.43. The fourth-order valence-corrected chi connectivity index (χ4v) is 3.17. The summed E-state index contributed by atoms with van der Waals surface area (Å²) in [4.78, 5) is 53.4. The van der Waals surface area contributed by atoms with Crippen molar-refractivity contribution in [2.75, 3.05) is 0 Å². The van der Waals surface area contributed by atoms with Crippen LogP contribution in [0.5, 0.6) is 0 Å². The number of hydrogen-bond acceptors (Lipinski definition) is 7. The van der Waals surface area contributed by atoms with E-state index in [1.165, 1.54) is 6.07 Å². The SMILES string of the molecule is O=C(CC(=O)c1cc2c(o1)C(=O)C1=C(C=CCC1)C2=O)OCc1ccccn1. The van der Waals surface area contributed by atoms with Gasteiger partial charge < -0.3 is 9.15 Å². The number of carbonyl (C=O) groups excluding carboxylic acids is 4. The molecule has 0 atom stereocenters. The molecule has 0 aromatic carbocycles. The van der Waals surface area contributed by atoms with Gasteiger partial charge in [-0.3, -0.25) is 24.2 Å². The molecule has 0 unspecified atom stereocenters. The minimum Gasteiger partial charge on any atom is -0.459 e. The van der Waals surface area contributed by atoms with Crippen LogP contribution in [0.2, 0.25) is 0 Å². The monoisotopic (exact) mass is 377 g/mol. The molecular weight excluding hydrogens is 362 g/mol. The summed E-state index contributed by atoms with van der Waals surface area (Å²) in [5.74, 6) is -2.47. The van der Waals surface area contributed by atoms with E-state index in [2.05, 4.69) is 4.98 Å². The van der Waals surface area contributed by atoms with E-state index in [1.807, 2.05) is 6.08 Å². The molecule has 2 aliphatic rings. The summed E-state index contributed by atoms with van der Waals surface area (Å²) < 4.78 is 10.4. The van der Waals surface area contributed by atoms with Crippen LogP contribution in [0.25, 0.3) is 0 Å². The van der Waals surface area contributed by atoms with E-state index >= 15 is 0 Å². The van der Waals surface area contributed by atoms with Crippen molar-refractivity contribution in [2.24, 2.45) is 0 Å². The van der Waals surface area contributed by atoms with Crippen LogP contribution in [-0.2, 0) is 16.1 Å². The number of Topliss-reactive ketones (excluding diaryl/α,β-unsaturated/α-hetero) is 3. The van der Waals surface area contributed by atoms with Crippen LogP contribution >= 0.6 is 0 Å². The molecule has 0 bridgehead atoms. The zero-order valence-corrected chi connectivity index (χ0v) is 14.8. The van der Waals surface area contributed by atoms with E-state index in [4.69, 9.17) is 9.15 Å². The molecular formula is C21H15NO6. The van der Waals surface area contributed by atoms with Crippen LogP contribution in [0, 0.1) is 0 Å². The molecule has 2 heterocycles. The van der Waals surface area contributed by atoms with Gasteiger partial charge in [0, 0.05) is 17.3 Å². The Hall–Kier alpha value is -3.61. The number of ketones is 3. The first-order chi connectivity index (χ1) is 13.5. The first-order valence-electron chi connectivity index (χ1n) is 8.76. The minimum absolute atomic E-state index is 0.0540. The van der Waals surface area contributed by atoms with Gasteiger partial charge in [0.05, 0.1) is 11.3 Å². The van der Waals surface area contributed by atoms with Crippen molar-refractivity contribution in [3.8, 4) is 0 Å². The Morgan fingerprint density at radius 1 is 1.18 bits per heavy atom. The predicted molar refractivity (Wildman–Crippen MR) is 95.7 cm³/mol. The number of allylic oxidation sites excluding steroid dienone is 4. The second kappa shape index (κ2) is 7.19. The smallest absolute Gasteiger partial charge is 0.314 e. The van der Waals surface area contributed by atoms with E-state index in [-0.39, 0.29) is 35.3 Å². The lowest BCUT2D eigenvalue weighted by molar-refractivity contribution is -0.143. The van der Waals surface area contributed by atoms with E-state index in [1.54, 1.807) is 30.5 Å². The maximum atomic E-state index is 12.6. The first-order valence-corrected chi connectivity index (χ1v) is 8.76. The fourth-order valence-electron chi connectivity index (χ4n) is 3.17. The maximum absolute atomic E-state index is 12.6. The summed E-state index contributed by atoms with van der Waals surface area (Å²) in [5.41, 5.74) is 1.36. The van der Waals surface area contributed by atoms with Crippen molar-refractivity contribution in [3.05, 3.63) is 76.5 Å². The lowest BCUT2D eigenvalue weighted by Crippen LogP contribution is -2.21. The molecule has 2 aliphatic carbocycles. The number of ether oxygens (including phenoxy) is 1. The topological polar surface area (TPSA) is 104 Å². The predicted octanol–water partition coefficient (Wildman–Crippen LogP) is 3.02. The van der Waals surface area contributed by atoms with Gasteiger partial charge in [0.15, 0.2) is 17.3 Å². The number of hydrogen-bond donors (Lipinski definition) is 0. The van der Waals surface area contributed by atoms with E-state index < -0.39 is 18.2 Å². The van der Waals surface area contributed by atoms with E-state index in [0.29, 0.717) is 29.7 Å². The molecule has 0 radical (unpaired) electrons. The van der Waals surface area contributed by atoms with Gasteiger partial charge in [0.25, 0.3) is 0 Å². The molecule has 7 heteroatoms. The number of pyridine rings is 1. The molecule has 7 nitrogen and oxygen atoms in total. The largest absolute Gasteiger partial charge is 0.459 e. The number of aromatic nitrogens is 1. The average molecular weight is 377 g/mol. The zero-order valence-electron chi connectivity index (χ0n) is 14.8. The van der Waals surface area contributed by atoms with Gasteiger partial charge in [0.1, 0.15) is 13.0 Å². The highest BCUT2D eigenvalue weighted by molar-refractivity contribution is 6.27. The van der Waals surface area contributed by atoms with Gasteiger partial charge in [-0.1, -0.05) is 18.2 Å². The third-order valence-electron chi connectivity index (χ3n) is 4.56. The van der Waals surface area contributed by atoms with Crippen molar-refractivity contribution in [1.82, 2.24) is 4.98 Å². The number of fused-ring (bicyclic) bond motifs is 1. The fraction of sp³-hybridized carbons (Fsp3) is 0.190. The molecule has 4 rings (SSSR count). The van der Waals surface area contributed by atoms with Crippen molar-refractivity contribution in [3.63, 3.8) is 0 Å². The Balaban J connectivity index is 1.46. The Morgan fingerprint density at radius 3 is 2.82 bits per heavy atom. The van der Waals surface area contributed by atoms with Crippen molar-refractivity contribution in [1.29, 1.82) is 0 Å². The number of esters is 1. The lowest BCUT2D eigenvalue weighted by atomic mass is 9.83. The summed E-state index contributed by atoms with van der Waals surface area (Å²) >= 11 is 0. The lowest BCUT2D eigenvalue weighted by Gasteiger charge is -2.17. The number of furan rings is 1. The Bertz CT molecular complexity index is 1060. The highest BCUT2D eigenvalue weighted by Gasteiger charge is 2.36. The second-order valence-corrected chi connectivity index (χ2v) is 6.43. The summed E-state index contributed by atoms with van der Waals surface area (Å²) in [5, 5.41) is 0. The summed E-state index contributed by atoms with van der Waals surface area (Å²) in [6, 6.07) is 6.41. The van der Waals surface area contributed by atoms with Crippen LogP contribution in [0.1, 0.15) is 56.4 Å². The van der Waals surface area contributed by atoms with Gasteiger partial charge in [-0.15, -0.1) is 0 Å². The third kappa shape index (κ3) is 3.22. The highest BCUT2D eigenvalue weighted by Crippen LogP contribution is 2.34. The first kappa shape index (κ1) is 17.8. The molecule has 0 fully saturated rings. The quantitative estimate of drug-likeness (QED) is 0.448. The van der Waals surface area contributed by atoms with Crippen molar-refractivity contribution in [2.45, 2.75) is 25.9 Å². The maximum Gasteiger partial charge on any atom is 0.314 e. The van der Waals surface area contributed by atoms with E-state index in [0.717, 1.165) is 0 Å². The van der Waals surface area contributed by atoms with E-state index in [9.17, 15) is 19.2 Å². The van der Waals surface area contributed by atoms with Gasteiger partial charge in [-0.05, 0) is 31.0 Å². The number of rotatable bonds is 5. The summed E-state index contributed by atoms with van der Waals surface area (Å²) in [6.45, 7) is -0.0540. The normalized spacial score (nSPS) is 15.3. The molecule has 28 heavy (non-hydrogen) atoms. The van der Waals surface area contributed by atoms with Crippen LogP contribution in [0.3, 0.4) is 0 Å². The van der Waals surface area contributed by atoms with Crippen LogP contribution in [0.15, 0.2) is 58.2 Å². The van der Waals surface area contributed by atoms with Gasteiger partial charge in [-0.2, -0.15) is 0 Å². The zero-order chi connectivity index (χ0) is 19.7. The molecule has 0 amide bonds. The summed E-state index contributed by atoms with van der Waals surface area (Å²) in [6.07, 6.45) is 5.60. The number of carbonyl (C=O) groups is 4. The van der Waals surface area contributed by atoms with Crippen molar-refractivity contribution >= 4 is 23.3 Å². The molecule has 0 aliphatic heterocycles. The molecule has 140 valence electrons. The Kier molecular flexibility index (Phi) is 4.57. The standard InChI is InChI=1S/C21H15NO6/c23-16(10-18(24)27-11-12-5-3-4-8-22-12)17-9-15-19(25)13-6-1-2-7-14(13)20(26)21(15)28-17/h1,3-6,8-9H,2,7,10-11H2. The average Bonchev–Trinajstić information content (AvgIpc) is 3.17. The molecule has 2 aromatic heterocycles. The molecule has 0 saturated heterocycles. The Morgan fingerprint density at radius 2 is 2.04 bits per heavy atom. The van der Waals surface area contributed by atoms with Crippen LogP contribution < -0.4 is 0 Å². The van der Waals surface area contributed by atoms with Gasteiger partial charge in [-0.25, -0.2) is 0 Å². The highest BCUT2D eigenvalue weighted by atomic mass is 16.5. The van der Waals surface area contributed by atoms with Crippen LogP contribution in [0.4, 0.5) is 0 Å². The van der Waals surface area contributed by atoms with Crippen LogP contribution in [-0.4, -0.2) is 28.3 Å².